The quantitative estimate of drug-likeness (QED) is 0.284. The van der Waals surface area contributed by atoms with Crippen LogP contribution in [0.5, 0.6) is 0 Å². The summed E-state index contributed by atoms with van der Waals surface area (Å²) in [5, 5.41) is 2.66. The van der Waals surface area contributed by atoms with E-state index in [0.717, 1.165) is 28.3 Å². The molecule has 0 aliphatic heterocycles. The number of nitrogens with zero attached hydrogens (tertiary/aromatic N) is 2. The second-order valence-corrected chi connectivity index (χ2v) is 9.02. The van der Waals surface area contributed by atoms with Crippen molar-refractivity contribution in [2.24, 2.45) is 0 Å². The zero-order chi connectivity index (χ0) is 21.5. The van der Waals surface area contributed by atoms with E-state index in [1.54, 1.807) is 0 Å². The van der Waals surface area contributed by atoms with Crippen molar-refractivity contribution in [3.05, 3.63) is 109 Å². The van der Waals surface area contributed by atoms with Crippen LogP contribution < -0.4 is 0 Å². The Hall–Kier alpha value is -3.82. The number of aromatic nitrogens is 2. The van der Waals surface area contributed by atoms with E-state index in [9.17, 15) is 0 Å². The Kier molecular flexibility index (Phi) is 4.55. The number of aryl methyl sites for hydroxylation is 1. The fraction of sp³-hybridized carbons (Fsp3) is 0.0345. The first-order valence-electron chi connectivity index (χ1n) is 10.7. The third-order valence-electron chi connectivity index (χ3n) is 5.78. The van der Waals surface area contributed by atoms with E-state index in [1.807, 2.05) is 48.6 Å². The number of fused-ring (bicyclic) bond motifs is 3. The first-order valence-corrected chi connectivity index (χ1v) is 11.5. The minimum absolute atomic E-state index is 0.763. The van der Waals surface area contributed by atoms with Crippen LogP contribution in [0.25, 0.3) is 53.9 Å². The van der Waals surface area contributed by atoms with Crippen molar-refractivity contribution < 1.29 is 0 Å². The molecule has 0 amide bonds. The Balaban J connectivity index is 1.44. The van der Waals surface area contributed by atoms with Gasteiger partial charge in [0, 0.05) is 37.0 Å². The zero-order valence-electron chi connectivity index (χ0n) is 17.6. The zero-order valence-corrected chi connectivity index (χ0v) is 18.4. The third-order valence-corrected chi connectivity index (χ3v) is 6.92. The Labute approximate surface area is 190 Å². The van der Waals surface area contributed by atoms with Gasteiger partial charge in [0.15, 0.2) is 5.82 Å². The highest BCUT2D eigenvalue weighted by Gasteiger charge is 2.11. The second-order valence-electron chi connectivity index (χ2n) is 7.94. The van der Waals surface area contributed by atoms with Crippen molar-refractivity contribution >= 4 is 31.5 Å². The highest BCUT2D eigenvalue weighted by Crippen LogP contribution is 2.40. The molecule has 2 nitrogen and oxygen atoms in total. The monoisotopic (exact) mass is 428 g/mol. The van der Waals surface area contributed by atoms with Gasteiger partial charge in [0.25, 0.3) is 0 Å². The molecule has 3 heteroatoms. The lowest BCUT2D eigenvalue weighted by atomic mass is 9.98. The van der Waals surface area contributed by atoms with E-state index < -0.39 is 0 Å². The van der Waals surface area contributed by atoms with Crippen LogP contribution in [0.4, 0.5) is 0 Å². The highest BCUT2D eigenvalue weighted by atomic mass is 32.1. The number of hydrogen-bond acceptors (Lipinski definition) is 3. The summed E-state index contributed by atoms with van der Waals surface area (Å²) >= 11 is 1.85. The van der Waals surface area contributed by atoms with Gasteiger partial charge in [-0.3, -0.25) is 0 Å². The lowest BCUT2D eigenvalue weighted by molar-refractivity contribution is 1.12. The molecule has 0 N–H and O–H groups in total. The molecule has 0 aliphatic carbocycles. The normalized spacial score (nSPS) is 11.3. The van der Waals surface area contributed by atoms with Gasteiger partial charge in [-0.05, 0) is 36.2 Å². The number of rotatable bonds is 3. The molecular formula is C29H20N2S. The predicted molar refractivity (Wildman–Crippen MR) is 136 cm³/mol. The summed E-state index contributed by atoms with van der Waals surface area (Å²) in [6, 6.07) is 36.2. The maximum atomic E-state index is 4.85. The summed E-state index contributed by atoms with van der Waals surface area (Å²) < 4.78 is 2.66. The summed E-state index contributed by atoms with van der Waals surface area (Å²) in [4.78, 5) is 9.49. The molecule has 6 aromatic rings. The molecule has 0 saturated carbocycles. The Bertz CT molecular complexity index is 1560. The van der Waals surface area contributed by atoms with Crippen molar-refractivity contribution in [1.82, 2.24) is 9.97 Å². The molecule has 0 unspecified atom stereocenters. The van der Waals surface area contributed by atoms with Crippen LogP contribution in [0.1, 0.15) is 5.69 Å². The molecule has 2 aromatic heterocycles. The van der Waals surface area contributed by atoms with Crippen LogP contribution in [0.3, 0.4) is 0 Å². The molecule has 0 atom stereocenters. The van der Waals surface area contributed by atoms with E-state index in [4.69, 9.17) is 4.98 Å². The van der Waals surface area contributed by atoms with Gasteiger partial charge in [0.05, 0.1) is 5.69 Å². The van der Waals surface area contributed by atoms with Gasteiger partial charge < -0.3 is 0 Å². The topological polar surface area (TPSA) is 25.8 Å². The van der Waals surface area contributed by atoms with Crippen molar-refractivity contribution in [2.75, 3.05) is 0 Å². The summed E-state index contributed by atoms with van der Waals surface area (Å²) in [6.45, 7) is 2.02. The minimum Gasteiger partial charge on any atom is -0.233 e. The molecule has 0 saturated heterocycles. The second kappa shape index (κ2) is 7.70. The van der Waals surface area contributed by atoms with Crippen molar-refractivity contribution in [2.45, 2.75) is 6.92 Å². The molecule has 152 valence electrons. The first-order chi connectivity index (χ1) is 15.8. The van der Waals surface area contributed by atoms with Crippen LogP contribution in [0.2, 0.25) is 0 Å². The van der Waals surface area contributed by atoms with Crippen LogP contribution >= 0.6 is 11.3 Å². The maximum absolute atomic E-state index is 4.85. The Morgan fingerprint density at radius 3 is 2.16 bits per heavy atom. The van der Waals surface area contributed by atoms with Gasteiger partial charge in [0.2, 0.25) is 0 Å². The summed E-state index contributed by atoms with van der Waals surface area (Å²) in [7, 11) is 0. The average Bonchev–Trinajstić information content (AvgIpc) is 3.23. The standard InChI is InChI=1S/C29H20N2S/c1-19-18-25(31-29(30-19)22-8-3-2-4-9-22)21-16-14-20(15-17-21)23-11-7-13-27-28(23)24-10-5-6-12-26(24)32-27/h2-18H,1H3. The highest BCUT2D eigenvalue weighted by molar-refractivity contribution is 7.25. The first kappa shape index (κ1) is 18.9. The average molecular weight is 429 g/mol. The number of thiophene rings is 1. The van der Waals surface area contributed by atoms with Crippen LogP contribution in [-0.2, 0) is 0 Å². The van der Waals surface area contributed by atoms with Gasteiger partial charge in [-0.15, -0.1) is 11.3 Å². The fourth-order valence-electron chi connectivity index (χ4n) is 4.27. The van der Waals surface area contributed by atoms with E-state index in [-0.39, 0.29) is 0 Å². The van der Waals surface area contributed by atoms with Crippen LogP contribution in [-0.4, -0.2) is 9.97 Å². The summed E-state index contributed by atoms with van der Waals surface area (Å²) in [5.41, 5.74) is 6.53. The molecule has 0 spiro atoms. The lowest BCUT2D eigenvalue weighted by Crippen LogP contribution is -1.95. The predicted octanol–water partition coefficient (Wildman–Crippen LogP) is 8.15. The van der Waals surface area contributed by atoms with E-state index >= 15 is 0 Å². The molecule has 4 aromatic carbocycles. The molecular weight excluding hydrogens is 408 g/mol. The Morgan fingerprint density at radius 2 is 1.31 bits per heavy atom. The van der Waals surface area contributed by atoms with Crippen LogP contribution in [0, 0.1) is 6.92 Å². The van der Waals surface area contributed by atoms with Crippen LogP contribution in [0.15, 0.2) is 103 Å². The van der Waals surface area contributed by atoms with Gasteiger partial charge in [-0.25, -0.2) is 9.97 Å². The van der Waals surface area contributed by atoms with E-state index in [2.05, 4.69) is 77.8 Å². The van der Waals surface area contributed by atoms with Gasteiger partial charge in [-0.1, -0.05) is 84.9 Å². The molecule has 2 heterocycles. The maximum Gasteiger partial charge on any atom is 0.160 e. The Morgan fingerprint density at radius 1 is 0.594 bits per heavy atom. The van der Waals surface area contributed by atoms with E-state index in [0.29, 0.717) is 0 Å². The lowest BCUT2D eigenvalue weighted by Gasteiger charge is -2.09. The van der Waals surface area contributed by atoms with Gasteiger partial charge in [-0.2, -0.15) is 0 Å². The molecule has 0 fully saturated rings. The summed E-state index contributed by atoms with van der Waals surface area (Å²) in [6.07, 6.45) is 0. The van der Waals surface area contributed by atoms with Crippen molar-refractivity contribution in [3.8, 4) is 33.8 Å². The SMILES string of the molecule is Cc1cc(-c2ccc(-c3cccc4sc5ccccc5c34)cc2)nc(-c2ccccc2)n1. The number of hydrogen-bond donors (Lipinski definition) is 0. The third kappa shape index (κ3) is 3.28. The molecule has 0 bridgehead atoms. The molecule has 0 radical (unpaired) electrons. The molecule has 0 aliphatic rings. The smallest absolute Gasteiger partial charge is 0.160 e. The van der Waals surface area contributed by atoms with Crippen molar-refractivity contribution in [3.63, 3.8) is 0 Å². The van der Waals surface area contributed by atoms with Crippen molar-refractivity contribution in [1.29, 1.82) is 0 Å². The minimum atomic E-state index is 0.763. The number of benzene rings is 4. The van der Waals surface area contributed by atoms with E-state index in [1.165, 1.54) is 31.3 Å². The van der Waals surface area contributed by atoms with Gasteiger partial charge in [0.1, 0.15) is 0 Å². The largest absolute Gasteiger partial charge is 0.233 e. The summed E-state index contributed by atoms with van der Waals surface area (Å²) in [5.74, 6) is 0.763. The van der Waals surface area contributed by atoms with Gasteiger partial charge >= 0.3 is 0 Å². The molecule has 32 heavy (non-hydrogen) atoms. The molecule has 6 rings (SSSR count). The fourth-order valence-corrected chi connectivity index (χ4v) is 5.40.